The molecule has 1 heterocycles. The number of carbonyl (C=O) groups is 1. The summed E-state index contributed by atoms with van der Waals surface area (Å²) in [6, 6.07) is 19.3. The van der Waals surface area contributed by atoms with Crippen LogP contribution in [0.15, 0.2) is 67.0 Å². The average molecular weight is 329 g/mol. The van der Waals surface area contributed by atoms with E-state index in [-0.39, 0.29) is 5.91 Å². The van der Waals surface area contributed by atoms with Gasteiger partial charge in [0.2, 0.25) is 0 Å². The first kappa shape index (κ1) is 15.0. The quantitative estimate of drug-likeness (QED) is 0.625. The second-order valence-electron chi connectivity index (χ2n) is 5.74. The number of anilines is 1. The molecule has 3 aromatic carbocycles. The normalized spacial score (nSPS) is 10.8. The van der Waals surface area contributed by atoms with E-state index in [2.05, 4.69) is 20.8 Å². The lowest BCUT2D eigenvalue weighted by Gasteiger charge is -2.10. The van der Waals surface area contributed by atoms with Gasteiger partial charge >= 0.3 is 0 Å². The van der Waals surface area contributed by atoms with Crippen LogP contribution >= 0.6 is 0 Å². The van der Waals surface area contributed by atoms with E-state index in [4.69, 9.17) is 0 Å². The zero-order chi connectivity index (χ0) is 17.2. The van der Waals surface area contributed by atoms with Crippen molar-refractivity contribution in [1.82, 2.24) is 20.2 Å². The third-order valence-corrected chi connectivity index (χ3v) is 4.09. The summed E-state index contributed by atoms with van der Waals surface area (Å²) in [7, 11) is 0. The number of amides is 1. The molecule has 6 heteroatoms. The molecule has 6 nitrogen and oxygen atoms in total. The maximum atomic E-state index is 12.6. The summed E-state index contributed by atoms with van der Waals surface area (Å²) in [5, 5.41) is 16.2. The molecule has 4 rings (SSSR count). The molecular weight excluding hydrogens is 314 g/mol. The molecule has 0 fully saturated rings. The van der Waals surface area contributed by atoms with Crippen molar-refractivity contribution in [1.29, 1.82) is 0 Å². The van der Waals surface area contributed by atoms with E-state index in [9.17, 15) is 4.79 Å². The molecule has 1 N–H and O–H groups in total. The fraction of sp³-hybridized carbons (Fsp3) is 0.0526. The van der Waals surface area contributed by atoms with Gasteiger partial charge in [-0.2, -0.15) is 0 Å². The van der Waals surface area contributed by atoms with Crippen LogP contribution in [0.25, 0.3) is 16.5 Å². The highest BCUT2D eigenvalue weighted by atomic mass is 16.1. The molecule has 0 radical (unpaired) electrons. The summed E-state index contributed by atoms with van der Waals surface area (Å²) < 4.78 is 1.57. The lowest BCUT2D eigenvalue weighted by Crippen LogP contribution is -2.13. The molecule has 1 aromatic heterocycles. The van der Waals surface area contributed by atoms with Crippen molar-refractivity contribution in [3.05, 3.63) is 78.1 Å². The number of nitrogens with one attached hydrogen (secondary N) is 1. The van der Waals surface area contributed by atoms with Gasteiger partial charge in [0.15, 0.2) is 0 Å². The number of carbonyl (C=O) groups excluding carboxylic acids is 1. The fourth-order valence-corrected chi connectivity index (χ4v) is 2.85. The summed E-state index contributed by atoms with van der Waals surface area (Å²) in [4.78, 5) is 12.6. The summed E-state index contributed by atoms with van der Waals surface area (Å²) in [5.74, 6) is -0.150. The molecule has 0 unspecified atom stereocenters. The van der Waals surface area contributed by atoms with E-state index >= 15 is 0 Å². The Morgan fingerprint density at radius 3 is 2.68 bits per heavy atom. The van der Waals surface area contributed by atoms with E-state index in [0.717, 1.165) is 27.7 Å². The standard InChI is InChI=1S/C19H15N5O/c1-13-11-15(9-10-18(13)24-12-20-22-23-24)19(25)21-17-8-4-6-14-5-2-3-7-16(14)17/h2-12H,1H3,(H,21,25). The van der Waals surface area contributed by atoms with Crippen LogP contribution in [0.3, 0.4) is 0 Å². The highest BCUT2D eigenvalue weighted by Crippen LogP contribution is 2.24. The van der Waals surface area contributed by atoms with Gasteiger partial charge in [0.1, 0.15) is 6.33 Å². The Balaban J connectivity index is 1.64. The van der Waals surface area contributed by atoms with E-state index in [1.807, 2.05) is 61.5 Å². The summed E-state index contributed by atoms with van der Waals surface area (Å²) >= 11 is 0. The SMILES string of the molecule is Cc1cc(C(=O)Nc2cccc3ccccc23)ccc1-n1cnnn1. The number of fused-ring (bicyclic) bond motifs is 1. The van der Waals surface area contributed by atoms with Crippen LogP contribution in [0.4, 0.5) is 5.69 Å². The number of rotatable bonds is 3. The predicted octanol–water partition coefficient (Wildman–Crippen LogP) is 3.38. The maximum absolute atomic E-state index is 12.6. The molecule has 0 atom stereocenters. The molecule has 4 aromatic rings. The van der Waals surface area contributed by atoms with Crippen molar-refractivity contribution in [3.8, 4) is 5.69 Å². The summed E-state index contributed by atoms with van der Waals surface area (Å²) in [5.41, 5.74) is 3.14. The molecule has 0 spiro atoms. The van der Waals surface area contributed by atoms with Crippen LogP contribution in [0.5, 0.6) is 0 Å². The van der Waals surface area contributed by atoms with Crippen molar-refractivity contribution >= 4 is 22.4 Å². The molecule has 0 saturated heterocycles. The molecular formula is C19H15N5O. The number of aryl methyl sites for hydroxylation is 1. The zero-order valence-electron chi connectivity index (χ0n) is 13.5. The van der Waals surface area contributed by atoms with Crippen molar-refractivity contribution < 1.29 is 4.79 Å². The lowest BCUT2D eigenvalue weighted by molar-refractivity contribution is 0.102. The zero-order valence-corrected chi connectivity index (χ0v) is 13.5. The van der Waals surface area contributed by atoms with Gasteiger partial charge in [-0.05, 0) is 52.6 Å². The molecule has 25 heavy (non-hydrogen) atoms. The second kappa shape index (κ2) is 6.16. The molecule has 0 saturated carbocycles. The number of hydrogen-bond donors (Lipinski definition) is 1. The highest BCUT2D eigenvalue weighted by molar-refractivity contribution is 6.09. The Bertz CT molecular complexity index is 1050. The first-order valence-corrected chi connectivity index (χ1v) is 7.85. The molecule has 1 amide bonds. The Labute approximate surface area is 144 Å². The van der Waals surface area contributed by atoms with Gasteiger partial charge in [-0.3, -0.25) is 4.79 Å². The Hall–Kier alpha value is -3.54. The van der Waals surface area contributed by atoms with Crippen LogP contribution in [0.1, 0.15) is 15.9 Å². The maximum Gasteiger partial charge on any atom is 0.255 e. The fourth-order valence-electron chi connectivity index (χ4n) is 2.85. The van der Waals surface area contributed by atoms with Gasteiger partial charge in [-0.15, -0.1) is 5.10 Å². The van der Waals surface area contributed by atoms with Crippen LogP contribution in [-0.2, 0) is 0 Å². The molecule has 0 bridgehead atoms. The van der Waals surface area contributed by atoms with Gasteiger partial charge in [-0.1, -0.05) is 36.4 Å². The van der Waals surface area contributed by atoms with Gasteiger partial charge < -0.3 is 5.32 Å². The first-order chi connectivity index (χ1) is 12.2. The molecule has 0 aliphatic heterocycles. The Kier molecular flexibility index (Phi) is 3.70. The number of tetrazole rings is 1. The summed E-state index contributed by atoms with van der Waals surface area (Å²) in [6.45, 7) is 1.92. The minimum Gasteiger partial charge on any atom is -0.321 e. The van der Waals surface area contributed by atoms with Crippen LogP contribution in [-0.4, -0.2) is 26.1 Å². The number of benzene rings is 3. The smallest absolute Gasteiger partial charge is 0.255 e. The minimum absolute atomic E-state index is 0.150. The lowest BCUT2D eigenvalue weighted by atomic mass is 10.1. The van der Waals surface area contributed by atoms with Crippen LogP contribution < -0.4 is 5.32 Å². The van der Waals surface area contributed by atoms with Crippen molar-refractivity contribution in [2.75, 3.05) is 5.32 Å². The number of nitrogens with zero attached hydrogens (tertiary/aromatic N) is 4. The van der Waals surface area contributed by atoms with Crippen molar-refractivity contribution in [2.24, 2.45) is 0 Å². The van der Waals surface area contributed by atoms with Crippen LogP contribution in [0.2, 0.25) is 0 Å². The molecule has 122 valence electrons. The van der Waals surface area contributed by atoms with Crippen molar-refractivity contribution in [3.63, 3.8) is 0 Å². The van der Waals surface area contributed by atoms with Gasteiger partial charge in [-0.25, -0.2) is 4.68 Å². The number of aromatic nitrogens is 4. The van der Waals surface area contributed by atoms with Crippen molar-refractivity contribution in [2.45, 2.75) is 6.92 Å². The monoisotopic (exact) mass is 329 g/mol. The van der Waals surface area contributed by atoms with Gasteiger partial charge in [0, 0.05) is 16.6 Å². The molecule has 0 aliphatic rings. The predicted molar refractivity (Wildman–Crippen MR) is 95.8 cm³/mol. The van der Waals surface area contributed by atoms with E-state index in [1.165, 1.54) is 6.33 Å². The number of hydrogen-bond acceptors (Lipinski definition) is 4. The Morgan fingerprint density at radius 1 is 1.04 bits per heavy atom. The minimum atomic E-state index is -0.150. The first-order valence-electron chi connectivity index (χ1n) is 7.85. The van der Waals surface area contributed by atoms with Gasteiger partial charge in [0.25, 0.3) is 5.91 Å². The third kappa shape index (κ3) is 2.85. The molecule has 0 aliphatic carbocycles. The topological polar surface area (TPSA) is 72.7 Å². The largest absolute Gasteiger partial charge is 0.321 e. The third-order valence-electron chi connectivity index (χ3n) is 4.09. The van der Waals surface area contributed by atoms with E-state index in [1.54, 1.807) is 10.7 Å². The van der Waals surface area contributed by atoms with Crippen LogP contribution in [0, 0.1) is 6.92 Å². The van der Waals surface area contributed by atoms with Gasteiger partial charge in [0.05, 0.1) is 5.69 Å². The van der Waals surface area contributed by atoms with E-state index in [0.29, 0.717) is 5.56 Å². The second-order valence-corrected chi connectivity index (χ2v) is 5.74. The summed E-state index contributed by atoms with van der Waals surface area (Å²) in [6.07, 6.45) is 1.53. The van der Waals surface area contributed by atoms with E-state index < -0.39 is 0 Å². The average Bonchev–Trinajstić information content (AvgIpc) is 3.16. The highest BCUT2D eigenvalue weighted by Gasteiger charge is 2.11. The Morgan fingerprint density at radius 2 is 1.88 bits per heavy atom.